The Morgan fingerprint density at radius 3 is 2.58 bits per heavy atom. The lowest BCUT2D eigenvalue weighted by Gasteiger charge is -2.30. The zero-order chi connectivity index (χ0) is 8.81. The van der Waals surface area contributed by atoms with Gasteiger partial charge in [0.05, 0.1) is 0 Å². The third kappa shape index (κ3) is 2.87. The van der Waals surface area contributed by atoms with Crippen LogP contribution >= 0.6 is 0 Å². The van der Waals surface area contributed by atoms with Crippen molar-refractivity contribution in [1.82, 2.24) is 4.90 Å². The second-order valence-corrected chi connectivity index (χ2v) is 3.65. The van der Waals surface area contributed by atoms with E-state index in [1.807, 2.05) is 0 Å². The molecule has 0 saturated carbocycles. The summed E-state index contributed by atoms with van der Waals surface area (Å²) in [5, 5.41) is 0. The number of nitrogens with zero attached hydrogens (tertiary/aromatic N) is 1. The van der Waals surface area contributed by atoms with Crippen LogP contribution in [0.3, 0.4) is 0 Å². The molecule has 1 rings (SSSR count). The number of piperidine rings is 1. The van der Waals surface area contributed by atoms with Crippen LogP contribution in [0.4, 0.5) is 0 Å². The molecule has 0 aromatic heterocycles. The summed E-state index contributed by atoms with van der Waals surface area (Å²) in [5.41, 5.74) is 0. The fourth-order valence-electron chi connectivity index (χ4n) is 1.84. The zero-order valence-electron chi connectivity index (χ0n) is 8.05. The first kappa shape index (κ1) is 9.61. The van der Waals surface area contributed by atoms with Gasteiger partial charge in [-0.1, -0.05) is 13.3 Å². The average Bonchev–Trinajstić information content (AvgIpc) is 2.15. The summed E-state index contributed by atoms with van der Waals surface area (Å²) >= 11 is 0. The number of rotatable bonds is 3. The fraction of sp³-hybridized carbons (Fsp3) is 0.818. The van der Waals surface area contributed by atoms with E-state index in [-0.39, 0.29) is 0 Å². The fourth-order valence-corrected chi connectivity index (χ4v) is 1.84. The van der Waals surface area contributed by atoms with Crippen molar-refractivity contribution < 1.29 is 0 Å². The first-order chi connectivity index (χ1) is 5.86. The lowest BCUT2D eigenvalue weighted by atomic mass is 9.94. The van der Waals surface area contributed by atoms with E-state index >= 15 is 0 Å². The van der Waals surface area contributed by atoms with Gasteiger partial charge in [0.2, 0.25) is 0 Å². The lowest BCUT2D eigenvalue weighted by molar-refractivity contribution is 0.185. The van der Waals surface area contributed by atoms with E-state index in [4.69, 9.17) is 6.42 Å². The van der Waals surface area contributed by atoms with Gasteiger partial charge in [-0.05, 0) is 31.8 Å². The van der Waals surface area contributed by atoms with Crippen molar-refractivity contribution in [3.8, 4) is 12.3 Å². The molecule has 0 spiro atoms. The summed E-state index contributed by atoms with van der Waals surface area (Å²) in [6.07, 6.45) is 10.2. The van der Waals surface area contributed by atoms with E-state index in [9.17, 15) is 0 Å². The molecule has 68 valence electrons. The Kier molecular flexibility index (Phi) is 4.18. The summed E-state index contributed by atoms with van der Waals surface area (Å²) < 4.78 is 0. The van der Waals surface area contributed by atoms with E-state index in [0.717, 1.165) is 18.9 Å². The standard InChI is InChI=1S/C11H19N/c1-3-5-8-12-9-6-11(4-2)7-10-12/h1,11H,4-10H2,2H3. The highest BCUT2D eigenvalue weighted by molar-refractivity contribution is 4.85. The summed E-state index contributed by atoms with van der Waals surface area (Å²) in [6.45, 7) is 5.93. The van der Waals surface area contributed by atoms with Crippen LogP contribution in [-0.2, 0) is 0 Å². The molecule has 1 heteroatoms. The predicted molar refractivity (Wildman–Crippen MR) is 52.9 cm³/mol. The van der Waals surface area contributed by atoms with Gasteiger partial charge in [0, 0.05) is 13.0 Å². The van der Waals surface area contributed by atoms with Crippen molar-refractivity contribution in [1.29, 1.82) is 0 Å². The van der Waals surface area contributed by atoms with E-state index in [1.54, 1.807) is 0 Å². The van der Waals surface area contributed by atoms with Crippen LogP contribution in [-0.4, -0.2) is 24.5 Å². The normalized spacial score (nSPS) is 20.7. The smallest absolute Gasteiger partial charge is 0.0214 e. The molecule has 1 saturated heterocycles. The van der Waals surface area contributed by atoms with Crippen LogP contribution in [0.15, 0.2) is 0 Å². The van der Waals surface area contributed by atoms with Gasteiger partial charge in [-0.3, -0.25) is 0 Å². The van der Waals surface area contributed by atoms with Gasteiger partial charge in [0.15, 0.2) is 0 Å². The molecular weight excluding hydrogens is 146 g/mol. The first-order valence-corrected chi connectivity index (χ1v) is 5.02. The number of hydrogen-bond acceptors (Lipinski definition) is 1. The highest BCUT2D eigenvalue weighted by Crippen LogP contribution is 2.19. The molecule has 0 aromatic carbocycles. The van der Waals surface area contributed by atoms with Crippen LogP contribution in [0.2, 0.25) is 0 Å². The maximum atomic E-state index is 5.22. The second-order valence-electron chi connectivity index (χ2n) is 3.65. The predicted octanol–water partition coefficient (Wildman–Crippen LogP) is 2.13. The molecule has 0 aliphatic carbocycles. The van der Waals surface area contributed by atoms with E-state index in [2.05, 4.69) is 17.7 Å². The monoisotopic (exact) mass is 165 g/mol. The van der Waals surface area contributed by atoms with Crippen LogP contribution in [0.1, 0.15) is 32.6 Å². The van der Waals surface area contributed by atoms with Gasteiger partial charge in [-0.25, -0.2) is 0 Å². The minimum atomic E-state index is 0.913. The molecule has 0 unspecified atom stereocenters. The van der Waals surface area contributed by atoms with E-state index in [1.165, 1.54) is 32.4 Å². The van der Waals surface area contributed by atoms with Crippen LogP contribution in [0.25, 0.3) is 0 Å². The average molecular weight is 165 g/mol. The zero-order valence-corrected chi connectivity index (χ0v) is 8.05. The molecule has 1 fully saturated rings. The van der Waals surface area contributed by atoms with Gasteiger partial charge in [-0.15, -0.1) is 12.3 Å². The third-order valence-corrected chi connectivity index (χ3v) is 2.86. The first-order valence-electron chi connectivity index (χ1n) is 5.02. The molecular formula is C11H19N. The van der Waals surface area contributed by atoms with Crippen LogP contribution < -0.4 is 0 Å². The second kappa shape index (κ2) is 5.22. The largest absolute Gasteiger partial charge is 0.302 e. The highest BCUT2D eigenvalue weighted by Gasteiger charge is 2.16. The Hall–Kier alpha value is -0.480. The van der Waals surface area contributed by atoms with Gasteiger partial charge in [0.1, 0.15) is 0 Å². The van der Waals surface area contributed by atoms with E-state index < -0.39 is 0 Å². The molecule has 1 nitrogen and oxygen atoms in total. The molecule has 0 amide bonds. The van der Waals surface area contributed by atoms with Crippen LogP contribution in [0, 0.1) is 18.3 Å². The van der Waals surface area contributed by atoms with Gasteiger partial charge in [0.25, 0.3) is 0 Å². The van der Waals surface area contributed by atoms with Crippen molar-refractivity contribution in [2.24, 2.45) is 5.92 Å². The molecule has 1 aliphatic rings. The third-order valence-electron chi connectivity index (χ3n) is 2.86. The molecule has 1 heterocycles. The Balaban J connectivity index is 2.14. The van der Waals surface area contributed by atoms with Crippen molar-refractivity contribution in [2.45, 2.75) is 32.6 Å². The molecule has 0 N–H and O–H groups in total. The van der Waals surface area contributed by atoms with Gasteiger partial charge >= 0.3 is 0 Å². The van der Waals surface area contributed by atoms with Crippen molar-refractivity contribution in [2.75, 3.05) is 19.6 Å². The maximum Gasteiger partial charge on any atom is 0.0214 e. The van der Waals surface area contributed by atoms with Crippen molar-refractivity contribution in [3.05, 3.63) is 0 Å². The maximum absolute atomic E-state index is 5.22. The van der Waals surface area contributed by atoms with Crippen LogP contribution in [0.5, 0.6) is 0 Å². The van der Waals surface area contributed by atoms with Gasteiger partial charge in [-0.2, -0.15) is 0 Å². The molecule has 0 aromatic rings. The number of hydrogen-bond donors (Lipinski definition) is 0. The molecule has 12 heavy (non-hydrogen) atoms. The SMILES string of the molecule is C#CCCN1CCC(CC)CC1. The van der Waals surface area contributed by atoms with Crippen molar-refractivity contribution >= 4 is 0 Å². The summed E-state index contributed by atoms with van der Waals surface area (Å²) in [6, 6.07) is 0. The van der Waals surface area contributed by atoms with E-state index in [0.29, 0.717) is 0 Å². The number of terminal acetylenes is 1. The Labute approximate surface area is 76.1 Å². The van der Waals surface area contributed by atoms with Gasteiger partial charge < -0.3 is 4.90 Å². The minimum Gasteiger partial charge on any atom is -0.302 e. The Morgan fingerprint density at radius 1 is 1.42 bits per heavy atom. The quantitative estimate of drug-likeness (QED) is 0.579. The summed E-state index contributed by atoms with van der Waals surface area (Å²) in [5.74, 6) is 3.68. The molecule has 0 radical (unpaired) electrons. The summed E-state index contributed by atoms with van der Waals surface area (Å²) in [7, 11) is 0. The number of likely N-dealkylation sites (tertiary alicyclic amines) is 1. The summed E-state index contributed by atoms with van der Waals surface area (Å²) in [4.78, 5) is 2.49. The molecule has 0 atom stereocenters. The highest BCUT2D eigenvalue weighted by atomic mass is 15.1. The molecule has 0 bridgehead atoms. The van der Waals surface area contributed by atoms with Crippen molar-refractivity contribution in [3.63, 3.8) is 0 Å². The lowest BCUT2D eigenvalue weighted by Crippen LogP contribution is -2.34. The Bertz CT molecular complexity index is 149. The minimum absolute atomic E-state index is 0.913. The topological polar surface area (TPSA) is 3.24 Å². The molecule has 1 aliphatic heterocycles. The Morgan fingerprint density at radius 2 is 2.08 bits per heavy atom.